The van der Waals surface area contributed by atoms with Gasteiger partial charge in [0.05, 0.1) is 0 Å². The molecule has 0 aromatic carbocycles. The van der Waals surface area contributed by atoms with E-state index in [1.807, 2.05) is 32.3 Å². The lowest BCUT2D eigenvalue weighted by molar-refractivity contribution is 0.0710. The normalized spacial score (nSPS) is 15.5. The quantitative estimate of drug-likeness (QED) is 0.745. The molecule has 3 aromatic heterocycles. The predicted octanol–water partition coefficient (Wildman–Crippen LogP) is 2.89. The highest BCUT2D eigenvalue weighted by Crippen LogP contribution is 2.32. The van der Waals surface area contributed by atoms with Gasteiger partial charge in [0, 0.05) is 36.6 Å². The van der Waals surface area contributed by atoms with Crippen molar-refractivity contribution in [2.75, 3.05) is 13.1 Å². The van der Waals surface area contributed by atoms with Crippen molar-refractivity contribution in [1.82, 2.24) is 19.9 Å². The van der Waals surface area contributed by atoms with Crippen LogP contribution in [0.15, 0.2) is 35.4 Å². The molecule has 1 fully saturated rings. The van der Waals surface area contributed by atoms with E-state index in [4.69, 9.17) is 0 Å². The number of aromatic amines is 2. The summed E-state index contributed by atoms with van der Waals surface area (Å²) in [6.45, 7) is 4.96. The Hall–Kier alpha value is -2.89. The van der Waals surface area contributed by atoms with E-state index in [0.29, 0.717) is 19.0 Å². The number of nitrogens with zero attached hydrogens (tertiary/aromatic N) is 2. The third-order valence-electron chi connectivity index (χ3n) is 5.29. The van der Waals surface area contributed by atoms with E-state index in [2.05, 4.69) is 27.1 Å². The van der Waals surface area contributed by atoms with Crippen molar-refractivity contribution in [3.05, 3.63) is 63.3 Å². The Balaban J connectivity index is 1.53. The van der Waals surface area contributed by atoms with Crippen LogP contribution in [0.25, 0.3) is 11.0 Å². The minimum Gasteiger partial charge on any atom is -0.346 e. The summed E-state index contributed by atoms with van der Waals surface area (Å²) in [6, 6.07) is 5.98. The number of hydrogen-bond acceptors (Lipinski definition) is 3. The molecule has 1 aliphatic rings. The largest absolute Gasteiger partial charge is 0.346 e. The topological polar surface area (TPSA) is 81.8 Å². The van der Waals surface area contributed by atoms with Crippen LogP contribution in [0.4, 0.5) is 0 Å². The van der Waals surface area contributed by atoms with Gasteiger partial charge in [0.1, 0.15) is 11.2 Å². The van der Waals surface area contributed by atoms with Gasteiger partial charge in [-0.1, -0.05) is 0 Å². The maximum Gasteiger partial charge on any atom is 0.261 e. The molecule has 134 valence electrons. The maximum absolute atomic E-state index is 12.9. The summed E-state index contributed by atoms with van der Waals surface area (Å²) in [5, 5.41) is 1.16. The Kier molecular flexibility index (Phi) is 4.11. The number of rotatable bonds is 2. The van der Waals surface area contributed by atoms with Gasteiger partial charge in [0.15, 0.2) is 0 Å². The number of carbonyl (C=O) groups excluding carboxylic acids is 1. The highest BCUT2D eigenvalue weighted by Gasteiger charge is 2.27. The zero-order valence-corrected chi connectivity index (χ0v) is 15.0. The number of carbonyl (C=O) groups is 1. The van der Waals surface area contributed by atoms with Crippen LogP contribution in [0.3, 0.4) is 0 Å². The van der Waals surface area contributed by atoms with Crippen LogP contribution in [0.1, 0.15) is 45.9 Å². The predicted molar refractivity (Wildman–Crippen MR) is 101 cm³/mol. The molecule has 6 nitrogen and oxygen atoms in total. The van der Waals surface area contributed by atoms with Crippen LogP contribution in [0, 0.1) is 13.8 Å². The third-order valence-corrected chi connectivity index (χ3v) is 5.29. The Morgan fingerprint density at radius 2 is 2.00 bits per heavy atom. The number of pyridine rings is 2. The average Bonchev–Trinajstić information content (AvgIpc) is 3.09. The number of hydrogen-bond donors (Lipinski definition) is 2. The fourth-order valence-electron chi connectivity index (χ4n) is 4.01. The first-order valence-electron chi connectivity index (χ1n) is 8.96. The molecule has 1 amide bonds. The summed E-state index contributed by atoms with van der Waals surface area (Å²) in [6.07, 6.45) is 5.52. The van der Waals surface area contributed by atoms with E-state index >= 15 is 0 Å². The van der Waals surface area contributed by atoms with Gasteiger partial charge < -0.3 is 14.9 Å². The lowest BCUT2D eigenvalue weighted by Gasteiger charge is -2.32. The molecule has 0 atom stereocenters. The first kappa shape index (κ1) is 16.6. The number of H-pyrrole nitrogens is 2. The van der Waals surface area contributed by atoms with Crippen LogP contribution in [-0.4, -0.2) is 38.8 Å². The van der Waals surface area contributed by atoms with Gasteiger partial charge in [-0.05, 0) is 61.9 Å². The molecule has 6 heteroatoms. The summed E-state index contributed by atoms with van der Waals surface area (Å²) >= 11 is 0. The average molecular weight is 350 g/mol. The molecule has 0 unspecified atom stereocenters. The fourth-order valence-corrected chi connectivity index (χ4v) is 4.01. The number of amides is 1. The SMILES string of the molecule is Cc1cc(C)c(C(=O)N2CCC(c3ccnc4[nH]ccc34)CC2)c(=O)[nH]1. The minimum absolute atomic E-state index is 0.163. The van der Waals surface area contributed by atoms with Crippen molar-refractivity contribution in [3.63, 3.8) is 0 Å². The van der Waals surface area contributed by atoms with Crippen LogP contribution in [0.2, 0.25) is 0 Å². The van der Waals surface area contributed by atoms with Crippen molar-refractivity contribution in [2.24, 2.45) is 0 Å². The molecule has 0 spiro atoms. The zero-order chi connectivity index (χ0) is 18.3. The molecule has 0 radical (unpaired) electrons. The van der Waals surface area contributed by atoms with E-state index in [9.17, 15) is 9.59 Å². The van der Waals surface area contributed by atoms with Crippen LogP contribution in [0.5, 0.6) is 0 Å². The molecule has 4 heterocycles. The van der Waals surface area contributed by atoms with Gasteiger partial charge in [0.2, 0.25) is 0 Å². The molecular weight excluding hydrogens is 328 g/mol. The Bertz CT molecular complexity index is 1030. The van der Waals surface area contributed by atoms with Gasteiger partial charge in [-0.25, -0.2) is 4.98 Å². The van der Waals surface area contributed by atoms with E-state index in [-0.39, 0.29) is 17.0 Å². The summed E-state index contributed by atoms with van der Waals surface area (Å²) in [5.41, 5.74) is 3.68. The standard InChI is InChI=1S/C20H22N4O2/c1-12-11-13(2)23-19(25)17(12)20(26)24-9-5-14(6-10-24)15-3-7-21-18-16(15)4-8-22-18/h3-4,7-8,11,14H,5-6,9-10H2,1-2H3,(H,21,22)(H,23,25). The van der Waals surface area contributed by atoms with Crippen molar-refractivity contribution >= 4 is 16.9 Å². The lowest BCUT2D eigenvalue weighted by atomic mass is 9.88. The van der Waals surface area contributed by atoms with Crippen LogP contribution >= 0.6 is 0 Å². The number of nitrogens with one attached hydrogen (secondary N) is 2. The second-order valence-corrected chi connectivity index (χ2v) is 7.05. The van der Waals surface area contributed by atoms with Gasteiger partial charge in [0.25, 0.3) is 11.5 Å². The Morgan fingerprint density at radius 3 is 2.73 bits per heavy atom. The van der Waals surface area contributed by atoms with E-state index < -0.39 is 0 Å². The molecule has 1 aliphatic heterocycles. The molecule has 0 aliphatic carbocycles. The van der Waals surface area contributed by atoms with Crippen LogP contribution in [-0.2, 0) is 0 Å². The highest BCUT2D eigenvalue weighted by atomic mass is 16.2. The fraction of sp³-hybridized carbons (Fsp3) is 0.350. The van der Waals surface area contributed by atoms with Gasteiger partial charge in [-0.2, -0.15) is 0 Å². The molecule has 3 aromatic rings. The summed E-state index contributed by atoms with van der Waals surface area (Å²) < 4.78 is 0. The summed E-state index contributed by atoms with van der Waals surface area (Å²) in [5.74, 6) is 0.237. The molecule has 0 bridgehead atoms. The molecule has 0 saturated carbocycles. The van der Waals surface area contributed by atoms with Crippen LogP contribution < -0.4 is 5.56 Å². The molecular formula is C20H22N4O2. The van der Waals surface area contributed by atoms with Gasteiger partial charge in [-0.15, -0.1) is 0 Å². The third kappa shape index (κ3) is 2.81. The van der Waals surface area contributed by atoms with E-state index in [1.165, 1.54) is 5.56 Å². The minimum atomic E-state index is -0.294. The van der Waals surface area contributed by atoms with E-state index in [0.717, 1.165) is 35.1 Å². The smallest absolute Gasteiger partial charge is 0.261 e. The number of aromatic nitrogens is 3. The molecule has 4 rings (SSSR count). The maximum atomic E-state index is 12.9. The lowest BCUT2D eigenvalue weighted by Crippen LogP contribution is -2.40. The van der Waals surface area contributed by atoms with Crippen molar-refractivity contribution in [2.45, 2.75) is 32.6 Å². The first-order chi connectivity index (χ1) is 12.5. The van der Waals surface area contributed by atoms with Crippen molar-refractivity contribution in [1.29, 1.82) is 0 Å². The second-order valence-electron chi connectivity index (χ2n) is 7.05. The molecule has 1 saturated heterocycles. The molecule has 26 heavy (non-hydrogen) atoms. The highest BCUT2D eigenvalue weighted by molar-refractivity contribution is 5.95. The van der Waals surface area contributed by atoms with Crippen molar-refractivity contribution < 1.29 is 4.79 Å². The van der Waals surface area contributed by atoms with Gasteiger partial charge >= 0.3 is 0 Å². The summed E-state index contributed by atoms with van der Waals surface area (Å²) in [7, 11) is 0. The molecule has 2 N–H and O–H groups in total. The number of aryl methyl sites for hydroxylation is 2. The number of fused-ring (bicyclic) bond motifs is 1. The first-order valence-corrected chi connectivity index (χ1v) is 8.96. The van der Waals surface area contributed by atoms with E-state index in [1.54, 1.807) is 4.90 Å². The summed E-state index contributed by atoms with van der Waals surface area (Å²) in [4.78, 5) is 37.1. The number of likely N-dealkylation sites (tertiary alicyclic amines) is 1. The zero-order valence-electron chi connectivity index (χ0n) is 15.0. The number of piperidine rings is 1. The Morgan fingerprint density at radius 1 is 1.23 bits per heavy atom. The van der Waals surface area contributed by atoms with Gasteiger partial charge in [-0.3, -0.25) is 9.59 Å². The second kappa shape index (κ2) is 6.44. The monoisotopic (exact) mass is 350 g/mol. The Labute approximate surface area is 151 Å². The van der Waals surface area contributed by atoms with Crippen molar-refractivity contribution in [3.8, 4) is 0 Å².